The molecule has 0 aromatic carbocycles. The quantitative estimate of drug-likeness (QED) is 0.563. The molecule has 0 spiro atoms. The standard InChI is InChI=1S/C15H20N2O4/c1-8(2)11-7-21-15(20)17(11)10-6-4-5-9-12(10)14(19)16(3)13(9)18/h4,6,8-12H,5,7H2,1-3H3/t9-,10?,11-,12-/m1/s1. The maximum Gasteiger partial charge on any atom is 0.410 e. The smallest absolute Gasteiger partial charge is 0.410 e. The van der Waals surface area contributed by atoms with Gasteiger partial charge in [0, 0.05) is 7.05 Å². The Labute approximate surface area is 123 Å². The van der Waals surface area contributed by atoms with Crippen LogP contribution in [-0.4, -0.2) is 53.4 Å². The average Bonchev–Trinajstić information content (AvgIpc) is 2.94. The molecule has 1 aliphatic carbocycles. The molecule has 4 atom stereocenters. The molecule has 0 saturated carbocycles. The van der Waals surface area contributed by atoms with E-state index in [1.165, 1.54) is 11.9 Å². The SMILES string of the molecule is CC(C)[C@H]1COC(=O)N1C1C=CC[C@H]2C(=O)N(C)C(=O)[C@@H]12. The van der Waals surface area contributed by atoms with Gasteiger partial charge in [0.1, 0.15) is 6.61 Å². The highest BCUT2D eigenvalue weighted by atomic mass is 16.6. The summed E-state index contributed by atoms with van der Waals surface area (Å²) in [4.78, 5) is 39.5. The number of cyclic esters (lactones) is 1. The van der Waals surface area contributed by atoms with Gasteiger partial charge < -0.3 is 4.74 Å². The van der Waals surface area contributed by atoms with Gasteiger partial charge in [-0.15, -0.1) is 0 Å². The molecule has 0 aromatic heterocycles. The third-order valence-electron chi connectivity index (χ3n) is 4.82. The Morgan fingerprint density at radius 1 is 1.24 bits per heavy atom. The molecule has 3 rings (SSSR count). The van der Waals surface area contributed by atoms with Gasteiger partial charge in [0.05, 0.1) is 23.9 Å². The second-order valence-electron chi connectivity index (χ2n) is 6.32. The second kappa shape index (κ2) is 4.86. The van der Waals surface area contributed by atoms with Gasteiger partial charge >= 0.3 is 6.09 Å². The van der Waals surface area contributed by atoms with E-state index in [4.69, 9.17) is 4.74 Å². The van der Waals surface area contributed by atoms with Crippen LogP contribution in [0.2, 0.25) is 0 Å². The predicted octanol–water partition coefficient (Wildman–Crippen LogP) is 1.02. The first-order valence-corrected chi connectivity index (χ1v) is 7.36. The number of hydrogen-bond donors (Lipinski definition) is 0. The number of nitrogens with zero attached hydrogens (tertiary/aromatic N) is 2. The molecule has 21 heavy (non-hydrogen) atoms. The van der Waals surface area contributed by atoms with Gasteiger partial charge in [-0.25, -0.2) is 4.79 Å². The van der Waals surface area contributed by atoms with E-state index >= 15 is 0 Å². The summed E-state index contributed by atoms with van der Waals surface area (Å²) in [6, 6.07) is -0.438. The summed E-state index contributed by atoms with van der Waals surface area (Å²) in [5.41, 5.74) is 0. The summed E-state index contributed by atoms with van der Waals surface area (Å²) in [6.07, 6.45) is 3.96. The molecule has 2 saturated heterocycles. The molecule has 114 valence electrons. The highest BCUT2D eigenvalue weighted by molar-refractivity contribution is 6.05. The minimum Gasteiger partial charge on any atom is -0.447 e. The van der Waals surface area contributed by atoms with Gasteiger partial charge in [-0.05, 0) is 12.3 Å². The van der Waals surface area contributed by atoms with Crippen molar-refractivity contribution in [1.82, 2.24) is 9.80 Å². The van der Waals surface area contributed by atoms with Crippen molar-refractivity contribution in [2.75, 3.05) is 13.7 Å². The van der Waals surface area contributed by atoms with Crippen LogP contribution in [0.15, 0.2) is 12.2 Å². The predicted molar refractivity (Wildman–Crippen MR) is 74.1 cm³/mol. The van der Waals surface area contributed by atoms with Gasteiger partial charge in [-0.2, -0.15) is 0 Å². The summed E-state index contributed by atoms with van der Waals surface area (Å²) in [5, 5.41) is 0. The fourth-order valence-electron chi connectivity index (χ4n) is 3.59. The van der Waals surface area contributed by atoms with Crippen LogP contribution in [0.5, 0.6) is 0 Å². The number of amides is 3. The topological polar surface area (TPSA) is 66.9 Å². The maximum atomic E-state index is 12.4. The highest BCUT2D eigenvalue weighted by Gasteiger charge is 2.54. The van der Waals surface area contributed by atoms with Gasteiger partial charge in [-0.1, -0.05) is 26.0 Å². The first-order chi connectivity index (χ1) is 9.93. The molecular formula is C15H20N2O4. The third-order valence-corrected chi connectivity index (χ3v) is 4.82. The van der Waals surface area contributed by atoms with Gasteiger partial charge in [-0.3, -0.25) is 19.4 Å². The van der Waals surface area contributed by atoms with E-state index in [0.29, 0.717) is 13.0 Å². The van der Waals surface area contributed by atoms with Crippen LogP contribution in [0.1, 0.15) is 20.3 Å². The second-order valence-corrected chi connectivity index (χ2v) is 6.32. The van der Waals surface area contributed by atoms with Crippen LogP contribution < -0.4 is 0 Å². The lowest BCUT2D eigenvalue weighted by atomic mass is 9.80. The number of ether oxygens (including phenoxy) is 1. The van der Waals surface area contributed by atoms with Crippen LogP contribution in [0.3, 0.4) is 0 Å². The Hall–Kier alpha value is -1.85. The molecule has 6 nitrogen and oxygen atoms in total. The molecular weight excluding hydrogens is 272 g/mol. The monoisotopic (exact) mass is 292 g/mol. The van der Waals surface area contributed by atoms with Crippen molar-refractivity contribution in [3.63, 3.8) is 0 Å². The molecule has 0 aromatic rings. The van der Waals surface area contributed by atoms with Crippen LogP contribution in [0, 0.1) is 17.8 Å². The Morgan fingerprint density at radius 3 is 2.62 bits per heavy atom. The Morgan fingerprint density at radius 2 is 1.95 bits per heavy atom. The molecule has 3 amide bonds. The van der Waals surface area contributed by atoms with Crippen molar-refractivity contribution in [1.29, 1.82) is 0 Å². The molecule has 0 N–H and O–H groups in total. The van der Waals surface area contributed by atoms with E-state index < -0.39 is 5.92 Å². The van der Waals surface area contributed by atoms with Crippen LogP contribution >= 0.6 is 0 Å². The van der Waals surface area contributed by atoms with Crippen molar-refractivity contribution in [3.8, 4) is 0 Å². The normalized spacial score (nSPS) is 35.7. The van der Waals surface area contributed by atoms with Crippen molar-refractivity contribution in [3.05, 3.63) is 12.2 Å². The molecule has 3 aliphatic rings. The van der Waals surface area contributed by atoms with Crippen LogP contribution in [0.4, 0.5) is 4.79 Å². The van der Waals surface area contributed by atoms with E-state index in [-0.39, 0.29) is 41.8 Å². The van der Waals surface area contributed by atoms with Crippen molar-refractivity contribution >= 4 is 17.9 Å². The van der Waals surface area contributed by atoms with Crippen molar-refractivity contribution in [2.45, 2.75) is 32.4 Å². The molecule has 1 unspecified atom stereocenters. The number of carbonyl (C=O) groups is 3. The zero-order valence-corrected chi connectivity index (χ0v) is 12.5. The lowest BCUT2D eigenvalue weighted by molar-refractivity contribution is -0.138. The van der Waals surface area contributed by atoms with E-state index in [9.17, 15) is 14.4 Å². The molecule has 2 fully saturated rings. The van der Waals surface area contributed by atoms with E-state index in [1.54, 1.807) is 4.90 Å². The first-order valence-electron chi connectivity index (χ1n) is 7.36. The van der Waals surface area contributed by atoms with Gasteiger partial charge in [0.2, 0.25) is 11.8 Å². The molecule has 2 heterocycles. The van der Waals surface area contributed by atoms with Gasteiger partial charge in [0.15, 0.2) is 0 Å². The Balaban J connectivity index is 1.96. The fraction of sp³-hybridized carbons (Fsp3) is 0.667. The number of allylic oxidation sites excluding steroid dienone is 1. The number of fused-ring (bicyclic) bond motifs is 1. The molecule has 0 bridgehead atoms. The summed E-state index contributed by atoms with van der Waals surface area (Å²) in [5.74, 6) is -0.928. The minimum absolute atomic E-state index is 0.0558. The number of carbonyl (C=O) groups excluding carboxylic acids is 3. The zero-order valence-electron chi connectivity index (χ0n) is 12.5. The summed E-state index contributed by atoms with van der Waals surface area (Å²) in [6.45, 7) is 4.39. The Bertz CT molecular complexity index is 528. The average molecular weight is 292 g/mol. The van der Waals surface area contributed by atoms with E-state index in [0.717, 1.165) is 0 Å². The lowest BCUT2D eigenvalue weighted by Gasteiger charge is -2.36. The van der Waals surface area contributed by atoms with Crippen LogP contribution in [-0.2, 0) is 14.3 Å². The van der Waals surface area contributed by atoms with Crippen molar-refractivity contribution in [2.24, 2.45) is 17.8 Å². The van der Waals surface area contributed by atoms with Crippen molar-refractivity contribution < 1.29 is 19.1 Å². The summed E-state index contributed by atoms with van der Waals surface area (Å²) >= 11 is 0. The highest BCUT2D eigenvalue weighted by Crippen LogP contribution is 2.39. The molecule has 0 radical (unpaired) electrons. The number of likely N-dealkylation sites (tertiary alicyclic amines) is 1. The summed E-state index contributed by atoms with van der Waals surface area (Å²) < 4.78 is 5.17. The number of hydrogen-bond acceptors (Lipinski definition) is 4. The minimum atomic E-state index is -0.473. The number of imide groups is 1. The van der Waals surface area contributed by atoms with Gasteiger partial charge in [0.25, 0.3) is 0 Å². The van der Waals surface area contributed by atoms with Crippen LogP contribution in [0.25, 0.3) is 0 Å². The molecule has 6 heteroatoms. The van der Waals surface area contributed by atoms with E-state index in [2.05, 4.69) is 0 Å². The third kappa shape index (κ3) is 1.96. The maximum absolute atomic E-state index is 12.4. The lowest BCUT2D eigenvalue weighted by Crippen LogP contribution is -2.51. The number of rotatable bonds is 2. The van der Waals surface area contributed by atoms with E-state index in [1.807, 2.05) is 26.0 Å². The molecule has 2 aliphatic heterocycles. The first kappa shape index (κ1) is 14.1. The zero-order chi connectivity index (χ0) is 15.3. The fourth-order valence-corrected chi connectivity index (χ4v) is 3.59. The Kier molecular flexibility index (Phi) is 3.26. The summed E-state index contributed by atoms with van der Waals surface area (Å²) in [7, 11) is 1.52. The largest absolute Gasteiger partial charge is 0.447 e.